The van der Waals surface area contributed by atoms with Crippen molar-refractivity contribution < 1.29 is 14.3 Å². The lowest BCUT2D eigenvalue weighted by molar-refractivity contribution is 0.0504. The molecule has 30 heavy (non-hydrogen) atoms. The maximum Gasteiger partial charge on any atom is 0.258 e. The van der Waals surface area contributed by atoms with Gasteiger partial charge < -0.3 is 19.7 Å². The highest BCUT2D eigenvalue weighted by molar-refractivity contribution is 6.02. The molecule has 1 heterocycles. The van der Waals surface area contributed by atoms with E-state index in [1.54, 1.807) is 7.11 Å². The molecule has 5 heteroatoms. The summed E-state index contributed by atoms with van der Waals surface area (Å²) in [6.45, 7) is 6.24. The molecule has 0 radical (unpaired) electrons. The monoisotopic (exact) mass is 410 g/mol. The molecular weight excluding hydrogens is 376 g/mol. The first kappa shape index (κ1) is 22.2. The van der Waals surface area contributed by atoms with Crippen LogP contribution in [0.2, 0.25) is 0 Å². The van der Waals surface area contributed by atoms with Crippen LogP contribution in [-0.4, -0.2) is 37.7 Å². The Bertz CT molecular complexity index is 821. The van der Waals surface area contributed by atoms with Crippen molar-refractivity contribution in [2.45, 2.75) is 51.6 Å². The molecule has 0 aliphatic carbocycles. The molecular formula is C25H34N2O3. The minimum Gasteiger partial charge on any atom is -0.494 e. The van der Waals surface area contributed by atoms with Gasteiger partial charge in [0.25, 0.3) is 5.91 Å². The van der Waals surface area contributed by atoms with Crippen LogP contribution >= 0.6 is 0 Å². The lowest BCUT2D eigenvalue weighted by atomic mass is 9.93. The molecule has 2 aromatic rings. The summed E-state index contributed by atoms with van der Waals surface area (Å²) in [4.78, 5) is 15.2. The van der Waals surface area contributed by atoms with Crippen molar-refractivity contribution >= 4 is 11.6 Å². The normalized spacial score (nSPS) is 18.1. The Morgan fingerprint density at radius 2 is 1.73 bits per heavy atom. The summed E-state index contributed by atoms with van der Waals surface area (Å²) in [5, 5.41) is 3.61. The number of methoxy groups -OCH3 is 1. The van der Waals surface area contributed by atoms with E-state index < -0.39 is 5.66 Å². The van der Waals surface area contributed by atoms with Crippen molar-refractivity contribution in [3.63, 3.8) is 0 Å². The molecule has 1 atom stereocenters. The maximum atomic E-state index is 13.3. The number of carbonyl (C=O) groups is 1. The van der Waals surface area contributed by atoms with Gasteiger partial charge in [0.05, 0.1) is 12.2 Å². The van der Waals surface area contributed by atoms with Crippen molar-refractivity contribution in [3.8, 4) is 5.75 Å². The predicted octanol–water partition coefficient (Wildman–Crippen LogP) is 5.42. The minimum absolute atomic E-state index is 0.0409. The van der Waals surface area contributed by atoms with Crippen LogP contribution in [0.5, 0.6) is 5.75 Å². The summed E-state index contributed by atoms with van der Waals surface area (Å²) in [6.07, 6.45) is 5.53. The SMILES string of the molecule is CCCCCCOc1ccc(C2(C)Nc3ccccc3C(=O)N2CCCOC)cc1. The molecule has 1 N–H and O–H groups in total. The van der Waals surface area contributed by atoms with Crippen LogP contribution in [0.3, 0.4) is 0 Å². The largest absolute Gasteiger partial charge is 0.494 e. The van der Waals surface area contributed by atoms with E-state index in [4.69, 9.17) is 9.47 Å². The zero-order valence-electron chi connectivity index (χ0n) is 18.4. The van der Waals surface area contributed by atoms with E-state index in [0.29, 0.717) is 18.7 Å². The molecule has 0 saturated heterocycles. The number of hydrogen-bond acceptors (Lipinski definition) is 4. The summed E-state index contributed by atoms with van der Waals surface area (Å²) in [5.74, 6) is 0.909. The summed E-state index contributed by atoms with van der Waals surface area (Å²) in [5.41, 5.74) is 1.96. The number of fused-ring (bicyclic) bond motifs is 1. The Labute approximate surface area is 180 Å². The van der Waals surface area contributed by atoms with Crippen LogP contribution < -0.4 is 10.1 Å². The third-order valence-corrected chi connectivity index (χ3v) is 5.73. The zero-order valence-corrected chi connectivity index (χ0v) is 18.4. The van der Waals surface area contributed by atoms with Gasteiger partial charge in [-0.1, -0.05) is 50.5 Å². The van der Waals surface area contributed by atoms with Crippen LogP contribution in [0, 0.1) is 0 Å². The fraction of sp³-hybridized carbons (Fsp3) is 0.480. The third kappa shape index (κ3) is 4.96. The molecule has 1 amide bonds. The van der Waals surface area contributed by atoms with E-state index in [-0.39, 0.29) is 5.91 Å². The number of benzene rings is 2. The highest BCUT2D eigenvalue weighted by atomic mass is 16.5. The molecule has 0 fully saturated rings. The van der Waals surface area contributed by atoms with Gasteiger partial charge in [-0.3, -0.25) is 4.79 Å². The van der Waals surface area contributed by atoms with E-state index in [1.807, 2.05) is 41.3 Å². The number of amides is 1. The van der Waals surface area contributed by atoms with Gasteiger partial charge in [-0.05, 0) is 49.6 Å². The lowest BCUT2D eigenvalue weighted by Crippen LogP contribution is -2.56. The second-order valence-corrected chi connectivity index (χ2v) is 7.98. The Morgan fingerprint density at radius 3 is 2.47 bits per heavy atom. The van der Waals surface area contributed by atoms with Crippen LogP contribution in [0.15, 0.2) is 48.5 Å². The Morgan fingerprint density at radius 1 is 0.967 bits per heavy atom. The number of rotatable bonds is 11. The third-order valence-electron chi connectivity index (χ3n) is 5.73. The van der Waals surface area contributed by atoms with Gasteiger partial charge in [-0.15, -0.1) is 0 Å². The molecule has 1 aliphatic rings. The first-order valence-corrected chi connectivity index (χ1v) is 11.0. The van der Waals surface area contributed by atoms with Crippen molar-refractivity contribution in [3.05, 3.63) is 59.7 Å². The fourth-order valence-electron chi connectivity index (χ4n) is 3.97. The van der Waals surface area contributed by atoms with Crippen molar-refractivity contribution in [2.75, 3.05) is 32.2 Å². The summed E-state index contributed by atoms with van der Waals surface area (Å²) >= 11 is 0. The lowest BCUT2D eigenvalue weighted by Gasteiger charge is -2.47. The van der Waals surface area contributed by atoms with E-state index in [0.717, 1.165) is 36.4 Å². The highest BCUT2D eigenvalue weighted by Gasteiger charge is 2.42. The first-order chi connectivity index (χ1) is 14.6. The molecule has 1 aliphatic heterocycles. The number of nitrogens with zero attached hydrogens (tertiary/aromatic N) is 1. The van der Waals surface area contributed by atoms with Crippen LogP contribution in [0.4, 0.5) is 5.69 Å². The Balaban J connectivity index is 1.79. The summed E-state index contributed by atoms with van der Waals surface area (Å²) in [7, 11) is 1.69. The first-order valence-electron chi connectivity index (χ1n) is 11.0. The molecule has 3 rings (SSSR count). The average Bonchev–Trinajstić information content (AvgIpc) is 2.76. The quantitative estimate of drug-likeness (QED) is 0.502. The van der Waals surface area contributed by atoms with Gasteiger partial charge >= 0.3 is 0 Å². The Kier molecular flexibility index (Phi) is 7.75. The van der Waals surface area contributed by atoms with Crippen molar-refractivity contribution in [1.82, 2.24) is 4.90 Å². The van der Waals surface area contributed by atoms with E-state index in [9.17, 15) is 4.79 Å². The van der Waals surface area contributed by atoms with Crippen molar-refractivity contribution in [1.29, 1.82) is 0 Å². The van der Waals surface area contributed by atoms with Gasteiger partial charge in [0.1, 0.15) is 11.4 Å². The maximum absolute atomic E-state index is 13.3. The Hall–Kier alpha value is -2.53. The van der Waals surface area contributed by atoms with E-state index in [2.05, 4.69) is 31.3 Å². The van der Waals surface area contributed by atoms with Gasteiger partial charge in [-0.2, -0.15) is 0 Å². The van der Waals surface area contributed by atoms with Gasteiger partial charge in [0.2, 0.25) is 0 Å². The van der Waals surface area contributed by atoms with Crippen molar-refractivity contribution in [2.24, 2.45) is 0 Å². The number of unbranched alkanes of at least 4 members (excludes halogenated alkanes) is 3. The van der Waals surface area contributed by atoms with Crippen LogP contribution in [0.25, 0.3) is 0 Å². The minimum atomic E-state index is -0.640. The molecule has 0 saturated carbocycles. The summed E-state index contributed by atoms with van der Waals surface area (Å²) < 4.78 is 11.1. The number of carbonyl (C=O) groups excluding carboxylic acids is 1. The molecule has 0 spiro atoms. The number of ether oxygens (including phenoxy) is 2. The van der Waals surface area contributed by atoms with Gasteiger partial charge in [0, 0.05) is 25.9 Å². The van der Waals surface area contributed by atoms with Gasteiger partial charge in [0.15, 0.2) is 0 Å². The standard InChI is InChI=1S/C25H34N2O3/c1-4-5-6-9-19-30-21-15-13-20(14-16-21)25(2)26-23-12-8-7-11-22(23)24(28)27(25)17-10-18-29-3/h7-8,11-16,26H,4-6,9-10,17-19H2,1-3H3. The molecule has 5 nitrogen and oxygen atoms in total. The number of nitrogens with one attached hydrogen (secondary N) is 1. The van der Waals surface area contributed by atoms with Crippen LogP contribution in [-0.2, 0) is 10.4 Å². The predicted molar refractivity (Wildman–Crippen MR) is 121 cm³/mol. The second kappa shape index (κ2) is 10.5. The number of hydrogen-bond donors (Lipinski definition) is 1. The van der Waals surface area contributed by atoms with E-state index >= 15 is 0 Å². The zero-order chi connectivity index (χ0) is 21.4. The van der Waals surface area contributed by atoms with Gasteiger partial charge in [-0.25, -0.2) is 0 Å². The second-order valence-electron chi connectivity index (χ2n) is 7.98. The molecule has 0 bridgehead atoms. The molecule has 1 unspecified atom stereocenters. The topological polar surface area (TPSA) is 50.8 Å². The number of anilines is 1. The van der Waals surface area contributed by atoms with Crippen LogP contribution in [0.1, 0.15) is 61.9 Å². The fourth-order valence-corrected chi connectivity index (χ4v) is 3.97. The molecule has 162 valence electrons. The average molecular weight is 411 g/mol. The highest BCUT2D eigenvalue weighted by Crippen LogP contribution is 2.38. The smallest absolute Gasteiger partial charge is 0.258 e. The van der Waals surface area contributed by atoms with E-state index in [1.165, 1.54) is 19.3 Å². The number of para-hydroxylation sites is 1. The molecule has 2 aromatic carbocycles. The summed E-state index contributed by atoms with van der Waals surface area (Å²) in [6, 6.07) is 15.8. The molecule has 0 aromatic heterocycles.